The SMILES string of the molecule is CCCCC(CCC)Nc1c([N+](=O)[O-])c(C)nn1C. The van der Waals surface area contributed by atoms with Crippen LogP contribution in [0.2, 0.25) is 0 Å². The number of nitrogens with zero attached hydrogens (tertiary/aromatic N) is 3. The molecule has 0 aliphatic rings. The molecule has 0 saturated heterocycles. The maximum atomic E-state index is 11.1. The molecule has 19 heavy (non-hydrogen) atoms. The van der Waals surface area contributed by atoms with Crippen molar-refractivity contribution in [3.63, 3.8) is 0 Å². The highest BCUT2D eigenvalue weighted by Crippen LogP contribution is 2.29. The highest BCUT2D eigenvalue weighted by Gasteiger charge is 2.25. The highest BCUT2D eigenvalue weighted by atomic mass is 16.6. The van der Waals surface area contributed by atoms with Crippen LogP contribution in [0.25, 0.3) is 0 Å². The molecule has 1 atom stereocenters. The molecule has 0 aliphatic heterocycles. The summed E-state index contributed by atoms with van der Waals surface area (Å²) >= 11 is 0. The summed E-state index contributed by atoms with van der Waals surface area (Å²) in [6.45, 7) is 5.95. The quantitative estimate of drug-likeness (QED) is 0.579. The maximum absolute atomic E-state index is 11.1. The molecule has 6 heteroatoms. The first kappa shape index (κ1) is 15.5. The van der Waals surface area contributed by atoms with E-state index in [1.54, 1.807) is 18.7 Å². The monoisotopic (exact) mass is 268 g/mol. The number of unbranched alkanes of at least 4 members (excludes halogenated alkanes) is 1. The zero-order valence-electron chi connectivity index (χ0n) is 12.3. The largest absolute Gasteiger partial charge is 0.362 e. The molecule has 1 rings (SSSR count). The second-order valence-electron chi connectivity index (χ2n) is 4.94. The third-order valence-corrected chi connectivity index (χ3v) is 3.26. The van der Waals surface area contributed by atoms with Crippen molar-refractivity contribution >= 4 is 11.5 Å². The minimum Gasteiger partial charge on any atom is -0.362 e. The topological polar surface area (TPSA) is 73.0 Å². The summed E-state index contributed by atoms with van der Waals surface area (Å²) in [4.78, 5) is 10.8. The van der Waals surface area contributed by atoms with Crippen molar-refractivity contribution in [2.75, 3.05) is 5.32 Å². The smallest absolute Gasteiger partial charge is 0.333 e. The second-order valence-corrected chi connectivity index (χ2v) is 4.94. The van der Waals surface area contributed by atoms with Crippen LogP contribution in [0.1, 0.15) is 51.6 Å². The molecule has 1 N–H and O–H groups in total. The van der Waals surface area contributed by atoms with Gasteiger partial charge >= 0.3 is 5.69 Å². The van der Waals surface area contributed by atoms with Gasteiger partial charge in [-0.05, 0) is 19.8 Å². The van der Waals surface area contributed by atoms with E-state index in [2.05, 4.69) is 24.3 Å². The van der Waals surface area contributed by atoms with E-state index in [-0.39, 0.29) is 16.7 Å². The predicted octanol–water partition coefficient (Wildman–Crippen LogP) is 3.41. The van der Waals surface area contributed by atoms with Gasteiger partial charge in [-0.15, -0.1) is 0 Å². The normalized spacial score (nSPS) is 12.4. The van der Waals surface area contributed by atoms with Gasteiger partial charge in [-0.1, -0.05) is 33.1 Å². The van der Waals surface area contributed by atoms with Gasteiger partial charge in [0.1, 0.15) is 5.69 Å². The van der Waals surface area contributed by atoms with E-state index in [4.69, 9.17) is 0 Å². The third-order valence-electron chi connectivity index (χ3n) is 3.26. The van der Waals surface area contributed by atoms with Gasteiger partial charge in [0.15, 0.2) is 0 Å². The van der Waals surface area contributed by atoms with E-state index in [9.17, 15) is 10.1 Å². The minimum absolute atomic E-state index is 0.0973. The molecule has 1 heterocycles. The molecule has 0 radical (unpaired) electrons. The van der Waals surface area contributed by atoms with Gasteiger partial charge in [0, 0.05) is 13.1 Å². The summed E-state index contributed by atoms with van der Waals surface area (Å²) in [6, 6.07) is 0.276. The Morgan fingerprint density at radius 1 is 1.37 bits per heavy atom. The van der Waals surface area contributed by atoms with Crippen LogP contribution < -0.4 is 5.32 Å². The van der Waals surface area contributed by atoms with E-state index < -0.39 is 0 Å². The van der Waals surface area contributed by atoms with Crippen molar-refractivity contribution in [2.45, 2.75) is 58.9 Å². The fourth-order valence-corrected chi connectivity index (χ4v) is 2.31. The van der Waals surface area contributed by atoms with E-state index in [1.165, 1.54) is 0 Å². The molecule has 1 aromatic heterocycles. The van der Waals surface area contributed by atoms with Crippen molar-refractivity contribution in [1.29, 1.82) is 0 Å². The Hall–Kier alpha value is -1.59. The van der Waals surface area contributed by atoms with Crippen LogP contribution in [-0.2, 0) is 7.05 Å². The molecule has 0 aromatic carbocycles. The Morgan fingerprint density at radius 2 is 2.05 bits per heavy atom. The van der Waals surface area contributed by atoms with Crippen LogP contribution in [0.4, 0.5) is 11.5 Å². The zero-order chi connectivity index (χ0) is 14.4. The first-order valence-corrected chi connectivity index (χ1v) is 6.95. The number of anilines is 1. The lowest BCUT2D eigenvalue weighted by Crippen LogP contribution is -2.21. The summed E-state index contributed by atoms with van der Waals surface area (Å²) in [5.41, 5.74) is 0.556. The van der Waals surface area contributed by atoms with E-state index in [0.29, 0.717) is 11.5 Å². The van der Waals surface area contributed by atoms with Crippen LogP contribution in [0, 0.1) is 17.0 Å². The average Bonchev–Trinajstić information content (AvgIpc) is 2.61. The summed E-state index contributed by atoms with van der Waals surface area (Å²) in [7, 11) is 1.74. The fourth-order valence-electron chi connectivity index (χ4n) is 2.31. The molecule has 0 spiro atoms. The summed E-state index contributed by atoms with van der Waals surface area (Å²) in [6.07, 6.45) is 5.37. The molecular formula is C13H24N4O2. The van der Waals surface area contributed by atoms with Crippen LogP contribution >= 0.6 is 0 Å². The molecule has 108 valence electrons. The molecule has 6 nitrogen and oxygen atoms in total. The Labute approximate surface area is 114 Å². The molecule has 0 aliphatic carbocycles. The van der Waals surface area contributed by atoms with Gasteiger partial charge in [0.05, 0.1) is 4.92 Å². The molecular weight excluding hydrogens is 244 g/mol. The highest BCUT2D eigenvalue weighted by molar-refractivity contribution is 5.59. The van der Waals surface area contributed by atoms with Gasteiger partial charge in [-0.2, -0.15) is 5.10 Å². The number of hydrogen-bond acceptors (Lipinski definition) is 4. The summed E-state index contributed by atoms with van der Waals surface area (Å²) < 4.78 is 1.57. The third kappa shape index (κ3) is 3.94. The molecule has 0 fully saturated rings. The predicted molar refractivity (Wildman–Crippen MR) is 76.4 cm³/mol. The molecule has 0 bridgehead atoms. The number of aromatic nitrogens is 2. The van der Waals surface area contributed by atoms with E-state index in [0.717, 1.165) is 32.1 Å². The van der Waals surface area contributed by atoms with Gasteiger partial charge in [-0.3, -0.25) is 10.1 Å². The molecule has 1 unspecified atom stereocenters. The van der Waals surface area contributed by atoms with Crippen LogP contribution in [0.15, 0.2) is 0 Å². The average molecular weight is 268 g/mol. The Kier molecular flexibility index (Phi) is 5.79. The lowest BCUT2D eigenvalue weighted by atomic mass is 10.1. The Balaban J connectivity index is 2.91. The first-order chi connectivity index (χ1) is 9.01. The lowest BCUT2D eigenvalue weighted by Gasteiger charge is -2.18. The number of nitrogens with one attached hydrogen (secondary N) is 1. The van der Waals surface area contributed by atoms with Crippen LogP contribution in [0.3, 0.4) is 0 Å². The van der Waals surface area contributed by atoms with Crippen molar-refractivity contribution < 1.29 is 4.92 Å². The van der Waals surface area contributed by atoms with E-state index >= 15 is 0 Å². The molecule has 0 amide bonds. The Morgan fingerprint density at radius 3 is 2.58 bits per heavy atom. The number of nitro groups is 1. The maximum Gasteiger partial charge on any atom is 0.333 e. The Bertz CT molecular complexity index is 429. The van der Waals surface area contributed by atoms with Gasteiger partial charge in [0.25, 0.3) is 0 Å². The second kappa shape index (κ2) is 7.11. The molecule has 0 saturated carbocycles. The van der Waals surface area contributed by atoms with E-state index in [1.807, 2.05) is 0 Å². The lowest BCUT2D eigenvalue weighted by molar-refractivity contribution is -0.384. The van der Waals surface area contributed by atoms with Gasteiger partial charge in [0.2, 0.25) is 5.82 Å². The fraction of sp³-hybridized carbons (Fsp3) is 0.769. The zero-order valence-corrected chi connectivity index (χ0v) is 12.3. The van der Waals surface area contributed by atoms with Crippen molar-refractivity contribution in [3.05, 3.63) is 15.8 Å². The van der Waals surface area contributed by atoms with Crippen molar-refractivity contribution in [2.24, 2.45) is 7.05 Å². The number of aryl methyl sites for hydroxylation is 2. The van der Waals surface area contributed by atoms with Gasteiger partial charge < -0.3 is 5.32 Å². The summed E-state index contributed by atoms with van der Waals surface area (Å²) in [5.74, 6) is 0.525. The first-order valence-electron chi connectivity index (χ1n) is 6.95. The van der Waals surface area contributed by atoms with Crippen LogP contribution in [-0.4, -0.2) is 20.7 Å². The van der Waals surface area contributed by atoms with Crippen LogP contribution in [0.5, 0.6) is 0 Å². The number of rotatable bonds is 8. The standard InChI is InChI=1S/C13H24N4O2/c1-5-7-9-11(8-6-2)14-13-12(17(18)19)10(3)15-16(13)4/h11,14H,5-9H2,1-4H3. The number of hydrogen-bond donors (Lipinski definition) is 1. The summed E-state index contributed by atoms with van der Waals surface area (Å²) in [5, 5.41) is 18.6. The molecule has 1 aromatic rings. The van der Waals surface area contributed by atoms with Gasteiger partial charge in [-0.25, -0.2) is 4.68 Å². The van der Waals surface area contributed by atoms with Crippen molar-refractivity contribution in [3.8, 4) is 0 Å². The van der Waals surface area contributed by atoms with Crippen molar-refractivity contribution in [1.82, 2.24) is 9.78 Å². The minimum atomic E-state index is -0.354.